The van der Waals surface area contributed by atoms with Gasteiger partial charge in [0.05, 0.1) is 7.11 Å². The van der Waals surface area contributed by atoms with Crippen molar-refractivity contribution in [2.75, 3.05) is 13.7 Å². The average Bonchev–Trinajstić information content (AvgIpc) is 2.86. The normalized spacial score (nSPS) is 26.8. The van der Waals surface area contributed by atoms with Crippen molar-refractivity contribution in [2.24, 2.45) is 0 Å². The van der Waals surface area contributed by atoms with Crippen molar-refractivity contribution in [1.29, 1.82) is 0 Å². The monoisotopic (exact) mass is 486 g/mol. The Morgan fingerprint density at radius 1 is 0.912 bits per heavy atom. The van der Waals surface area contributed by atoms with Gasteiger partial charge in [-0.3, -0.25) is 0 Å². The van der Waals surface area contributed by atoms with E-state index >= 15 is 0 Å². The molecule has 0 spiro atoms. The second kappa shape index (κ2) is 10.3. The third-order valence-corrected chi connectivity index (χ3v) is 6.33. The van der Waals surface area contributed by atoms with Crippen molar-refractivity contribution < 1.29 is 34.6 Å². The number of rotatable bonds is 7. The minimum atomic E-state index is -2.29. The summed E-state index contributed by atoms with van der Waals surface area (Å²) in [6, 6.07) is 21.1. The maximum absolute atomic E-state index is 11.4. The minimum absolute atomic E-state index is 0.149. The Morgan fingerprint density at radius 2 is 1.62 bits per heavy atom. The van der Waals surface area contributed by atoms with Crippen LogP contribution in [0.5, 0.6) is 11.5 Å². The van der Waals surface area contributed by atoms with Crippen LogP contribution < -0.4 is 9.47 Å². The summed E-state index contributed by atoms with van der Waals surface area (Å²) in [6.45, 7) is -0.149. The van der Waals surface area contributed by atoms with E-state index in [-0.39, 0.29) is 12.2 Å². The first kappa shape index (κ1) is 24.5. The number of hydrogen-bond acceptors (Lipinski definition) is 7. The highest BCUT2D eigenvalue weighted by molar-refractivity contribution is 6.31. The summed E-state index contributed by atoms with van der Waals surface area (Å²) in [4.78, 5) is 0. The standard InChI is InChI=1S/C26H27ClO7/c1-32-19-10-7-16(8-11-19)13-17-14-18(9-12-21(17)27)26(31)25(30)24(29)23(28)22(34-26)15-33-20-5-3-2-4-6-20/h2-12,14,22-25,28-31H,13,15H2,1H3/t22-,23-,24+,25-,26-/m1/s1. The Labute approximate surface area is 202 Å². The van der Waals surface area contributed by atoms with Crippen LogP contribution in [0.25, 0.3) is 0 Å². The lowest BCUT2D eigenvalue weighted by Crippen LogP contribution is -2.63. The fraction of sp³-hybridized carbons (Fsp3) is 0.308. The molecule has 3 aromatic rings. The van der Waals surface area contributed by atoms with E-state index in [9.17, 15) is 20.4 Å². The van der Waals surface area contributed by atoms with Gasteiger partial charge in [0.25, 0.3) is 0 Å². The van der Waals surface area contributed by atoms with E-state index in [1.165, 1.54) is 6.07 Å². The van der Waals surface area contributed by atoms with Gasteiger partial charge in [-0.1, -0.05) is 48.0 Å². The van der Waals surface area contributed by atoms with Gasteiger partial charge in [-0.2, -0.15) is 0 Å². The third-order valence-electron chi connectivity index (χ3n) is 5.96. The van der Waals surface area contributed by atoms with E-state index in [0.717, 1.165) is 11.3 Å². The van der Waals surface area contributed by atoms with Gasteiger partial charge in [0.2, 0.25) is 5.79 Å². The molecule has 34 heavy (non-hydrogen) atoms. The average molecular weight is 487 g/mol. The summed E-state index contributed by atoms with van der Waals surface area (Å²) in [7, 11) is 1.59. The summed E-state index contributed by atoms with van der Waals surface area (Å²) in [6.07, 6.45) is -5.59. The Kier molecular flexibility index (Phi) is 7.42. The Hall–Kier alpha value is -2.65. The molecule has 0 aromatic heterocycles. The van der Waals surface area contributed by atoms with Crippen molar-refractivity contribution in [3.63, 3.8) is 0 Å². The number of para-hydroxylation sites is 1. The summed E-state index contributed by atoms with van der Waals surface area (Å²) in [5.41, 5.74) is 1.84. The molecule has 0 amide bonds. The van der Waals surface area contributed by atoms with Crippen LogP contribution in [-0.4, -0.2) is 58.6 Å². The van der Waals surface area contributed by atoms with Gasteiger partial charge < -0.3 is 34.6 Å². The molecule has 5 atom stereocenters. The lowest BCUT2D eigenvalue weighted by molar-refractivity contribution is -0.357. The topological polar surface area (TPSA) is 109 Å². The van der Waals surface area contributed by atoms with Crippen molar-refractivity contribution >= 4 is 11.6 Å². The molecule has 4 rings (SSSR count). The Bertz CT molecular complexity index is 1090. The SMILES string of the molecule is COc1ccc(Cc2cc([C@@]3(O)O[C@H](COc4ccccc4)[C@@H](O)[C@H](O)[C@H]3O)ccc2Cl)cc1. The molecule has 1 aliphatic heterocycles. The summed E-state index contributed by atoms with van der Waals surface area (Å²) < 4.78 is 16.6. The smallest absolute Gasteiger partial charge is 0.222 e. The molecule has 180 valence electrons. The number of aliphatic hydroxyl groups excluding tert-OH is 3. The molecule has 0 bridgehead atoms. The van der Waals surface area contributed by atoms with Crippen LogP contribution in [0.2, 0.25) is 5.02 Å². The molecule has 7 nitrogen and oxygen atoms in total. The van der Waals surface area contributed by atoms with Crippen LogP contribution >= 0.6 is 11.6 Å². The van der Waals surface area contributed by atoms with Crippen molar-refractivity contribution in [2.45, 2.75) is 36.6 Å². The van der Waals surface area contributed by atoms with Crippen molar-refractivity contribution in [3.8, 4) is 11.5 Å². The number of ether oxygens (including phenoxy) is 3. The Balaban J connectivity index is 1.58. The number of benzene rings is 3. The quantitative estimate of drug-likeness (QED) is 0.406. The lowest BCUT2D eigenvalue weighted by Gasteiger charge is -2.46. The molecular weight excluding hydrogens is 460 g/mol. The zero-order chi connectivity index (χ0) is 24.3. The fourth-order valence-electron chi connectivity index (χ4n) is 3.97. The maximum atomic E-state index is 11.4. The van der Waals surface area contributed by atoms with Gasteiger partial charge in [0.15, 0.2) is 0 Å². The fourth-order valence-corrected chi connectivity index (χ4v) is 4.16. The molecule has 4 N–H and O–H groups in total. The zero-order valence-electron chi connectivity index (χ0n) is 18.5. The summed E-state index contributed by atoms with van der Waals surface area (Å²) in [5, 5.41) is 43.4. The number of aliphatic hydroxyl groups is 4. The van der Waals surface area contributed by atoms with E-state index in [4.69, 9.17) is 25.8 Å². The highest BCUT2D eigenvalue weighted by Crippen LogP contribution is 2.38. The van der Waals surface area contributed by atoms with E-state index in [0.29, 0.717) is 22.8 Å². The highest BCUT2D eigenvalue weighted by Gasteiger charge is 2.54. The van der Waals surface area contributed by atoms with Crippen LogP contribution in [0.15, 0.2) is 72.8 Å². The molecule has 1 aliphatic rings. The van der Waals surface area contributed by atoms with Crippen LogP contribution in [0.4, 0.5) is 0 Å². The maximum Gasteiger partial charge on any atom is 0.222 e. The minimum Gasteiger partial charge on any atom is -0.497 e. The Morgan fingerprint density at radius 3 is 2.29 bits per heavy atom. The van der Waals surface area contributed by atoms with E-state index in [1.54, 1.807) is 43.5 Å². The summed E-state index contributed by atoms with van der Waals surface area (Å²) in [5.74, 6) is -1.02. The highest BCUT2D eigenvalue weighted by atomic mass is 35.5. The molecule has 0 aliphatic carbocycles. The van der Waals surface area contributed by atoms with Crippen LogP contribution in [0, 0.1) is 0 Å². The molecular formula is C26H27ClO7. The third kappa shape index (κ3) is 5.05. The molecule has 0 unspecified atom stereocenters. The van der Waals surface area contributed by atoms with Gasteiger partial charge in [-0.15, -0.1) is 0 Å². The van der Waals surface area contributed by atoms with Crippen LogP contribution in [-0.2, 0) is 16.9 Å². The summed E-state index contributed by atoms with van der Waals surface area (Å²) >= 11 is 6.40. The number of halogens is 1. The molecule has 8 heteroatoms. The molecule has 1 saturated heterocycles. The van der Waals surface area contributed by atoms with Crippen LogP contribution in [0.1, 0.15) is 16.7 Å². The van der Waals surface area contributed by atoms with Gasteiger partial charge in [-0.05, 0) is 53.9 Å². The van der Waals surface area contributed by atoms with Gasteiger partial charge in [-0.25, -0.2) is 0 Å². The van der Waals surface area contributed by atoms with Gasteiger partial charge >= 0.3 is 0 Å². The molecule has 3 aromatic carbocycles. The largest absolute Gasteiger partial charge is 0.497 e. The van der Waals surface area contributed by atoms with E-state index < -0.39 is 30.2 Å². The molecule has 1 fully saturated rings. The molecule has 0 saturated carbocycles. The number of hydrogen-bond donors (Lipinski definition) is 4. The van der Waals surface area contributed by atoms with Gasteiger partial charge in [0, 0.05) is 10.6 Å². The molecule has 1 heterocycles. The van der Waals surface area contributed by atoms with E-state index in [1.807, 2.05) is 30.3 Å². The predicted molar refractivity (Wildman–Crippen MR) is 126 cm³/mol. The first-order chi connectivity index (χ1) is 16.3. The zero-order valence-corrected chi connectivity index (χ0v) is 19.3. The second-order valence-corrected chi connectivity index (χ2v) is 8.64. The van der Waals surface area contributed by atoms with Crippen LogP contribution in [0.3, 0.4) is 0 Å². The lowest BCUT2D eigenvalue weighted by atomic mass is 9.87. The first-order valence-electron chi connectivity index (χ1n) is 10.9. The second-order valence-electron chi connectivity index (χ2n) is 8.23. The number of methoxy groups -OCH3 is 1. The predicted octanol–water partition coefficient (Wildman–Crippen LogP) is 2.65. The molecule has 0 radical (unpaired) electrons. The van der Waals surface area contributed by atoms with Gasteiger partial charge in [0.1, 0.15) is 42.5 Å². The van der Waals surface area contributed by atoms with Crippen molar-refractivity contribution in [3.05, 3.63) is 94.5 Å². The van der Waals surface area contributed by atoms with E-state index in [2.05, 4.69) is 0 Å². The first-order valence-corrected chi connectivity index (χ1v) is 11.2. The van der Waals surface area contributed by atoms with Crippen molar-refractivity contribution in [1.82, 2.24) is 0 Å².